The molecule has 0 unspecified atom stereocenters. The zero-order chi connectivity index (χ0) is 14.7. The predicted molar refractivity (Wildman–Crippen MR) is 75.7 cm³/mol. The Morgan fingerprint density at radius 2 is 2.25 bits per heavy atom. The fourth-order valence-corrected chi connectivity index (χ4v) is 1.89. The molecule has 1 aromatic heterocycles. The van der Waals surface area contributed by atoms with Gasteiger partial charge in [-0.05, 0) is 24.6 Å². The molecule has 0 aliphatic rings. The number of aryl methyl sites for hydroxylation is 2. The lowest BCUT2D eigenvalue weighted by Gasteiger charge is -2.10. The van der Waals surface area contributed by atoms with Gasteiger partial charge in [0, 0.05) is 31.4 Å². The maximum atomic E-state index is 11.1. The number of nitrogen functional groups attached to an aromatic ring is 1. The van der Waals surface area contributed by atoms with Crippen LogP contribution < -0.4 is 11.1 Å². The summed E-state index contributed by atoms with van der Waals surface area (Å²) in [7, 11) is 1.81. The Morgan fingerprint density at radius 3 is 2.85 bits per heavy atom. The molecule has 2 rings (SSSR count). The maximum Gasteiger partial charge on any atom is 0.337 e. The van der Waals surface area contributed by atoms with Gasteiger partial charge in [-0.1, -0.05) is 0 Å². The summed E-state index contributed by atoms with van der Waals surface area (Å²) in [6.45, 7) is 2.40. The second-order valence-corrected chi connectivity index (χ2v) is 4.57. The maximum absolute atomic E-state index is 11.1. The van der Waals surface area contributed by atoms with Gasteiger partial charge in [-0.3, -0.25) is 4.68 Å². The number of carboxylic acids is 1. The van der Waals surface area contributed by atoms with Crippen molar-refractivity contribution >= 4 is 17.3 Å². The van der Waals surface area contributed by atoms with Gasteiger partial charge in [0.1, 0.15) is 6.33 Å². The zero-order valence-corrected chi connectivity index (χ0v) is 11.4. The molecule has 20 heavy (non-hydrogen) atoms. The molecule has 0 fully saturated rings. The zero-order valence-electron chi connectivity index (χ0n) is 11.4. The highest BCUT2D eigenvalue weighted by atomic mass is 16.4. The number of aromatic nitrogens is 3. The molecule has 0 bridgehead atoms. The molecule has 0 aliphatic heterocycles. The van der Waals surface area contributed by atoms with Crippen LogP contribution in [0.15, 0.2) is 18.5 Å². The summed E-state index contributed by atoms with van der Waals surface area (Å²) in [6.07, 6.45) is 2.30. The van der Waals surface area contributed by atoms with Gasteiger partial charge < -0.3 is 16.2 Å². The molecule has 0 spiro atoms. The number of aromatic carboxylic acids is 1. The molecule has 0 saturated heterocycles. The number of anilines is 2. The van der Waals surface area contributed by atoms with Crippen molar-refractivity contribution in [3.63, 3.8) is 0 Å². The monoisotopic (exact) mass is 275 g/mol. The molecule has 7 heteroatoms. The first kappa shape index (κ1) is 13.9. The summed E-state index contributed by atoms with van der Waals surface area (Å²) in [5, 5.41) is 16.4. The van der Waals surface area contributed by atoms with E-state index in [1.165, 1.54) is 6.07 Å². The summed E-state index contributed by atoms with van der Waals surface area (Å²) in [5.74, 6) is -0.286. The van der Waals surface area contributed by atoms with Crippen LogP contribution in [0.3, 0.4) is 0 Å². The van der Waals surface area contributed by atoms with Gasteiger partial charge in [0.15, 0.2) is 5.82 Å². The molecule has 1 aromatic carbocycles. The number of carboxylic acid groups (broad SMARTS) is 1. The second-order valence-electron chi connectivity index (χ2n) is 4.57. The molecule has 0 atom stereocenters. The van der Waals surface area contributed by atoms with E-state index in [0.717, 1.165) is 17.1 Å². The van der Waals surface area contributed by atoms with Crippen molar-refractivity contribution in [3.05, 3.63) is 35.4 Å². The Balaban J connectivity index is 2.04. The van der Waals surface area contributed by atoms with Crippen LogP contribution in [0.2, 0.25) is 0 Å². The third-order valence-electron chi connectivity index (χ3n) is 2.94. The van der Waals surface area contributed by atoms with Gasteiger partial charge in [0.05, 0.1) is 5.56 Å². The normalized spacial score (nSPS) is 10.5. The molecule has 4 N–H and O–H groups in total. The van der Waals surface area contributed by atoms with Crippen LogP contribution in [0.1, 0.15) is 21.7 Å². The molecule has 0 amide bonds. The van der Waals surface area contributed by atoms with Gasteiger partial charge in [-0.25, -0.2) is 9.78 Å². The highest BCUT2D eigenvalue weighted by Crippen LogP contribution is 2.22. The lowest BCUT2D eigenvalue weighted by Crippen LogP contribution is -2.09. The molecule has 7 nitrogen and oxygen atoms in total. The lowest BCUT2D eigenvalue weighted by atomic mass is 10.1. The summed E-state index contributed by atoms with van der Waals surface area (Å²) in [4.78, 5) is 15.2. The van der Waals surface area contributed by atoms with Crippen molar-refractivity contribution < 1.29 is 9.90 Å². The second kappa shape index (κ2) is 5.60. The molecule has 2 aromatic rings. The molecular weight excluding hydrogens is 258 g/mol. The first-order valence-electron chi connectivity index (χ1n) is 6.19. The van der Waals surface area contributed by atoms with E-state index >= 15 is 0 Å². The highest BCUT2D eigenvalue weighted by Gasteiger charge is 2.11. The molecule has 1 heterocycles. The number of carbonyl (C=O) groups is 1. The van der Waals surface area contributed by atoms with Gasteiger partial charge in [-0.2, -0.15) is 5.10 Å². The smallest absolute Gasteiger partial charge is 0.337 e. The number of hydrogen-bond acceptors (Lipinski definition) is 5. The van der Waals surface area contributed by atoms with Gasteiger partial charge in [-0.15, -0.1) is 0 Å². The quantitative estimate of drug-likeness (QED) is 0.704. The molecular formula is C13H17N5O2. The van der Waals surface area contributed by atoms with Gasteiger partial charge in [0.25, 0.3) is 0 Å². The average Bonchev–Trinajstić information content (AvgIpc) is 2.79. The van der Waals surface area contributed by atoms with E-state index < -0.39 is 5.97 Å². The number of benzene rings is 1. The Morgan fingerprint density at radius 1 is 1.50 bits per heavy atom. The van der Waals surface area contributed by atoms with Crippen LogP contribution in [0.4, 0.5) is 11.4 Å². The fourth-order valence-electron chi connectivity index (χ4n) is 1.89. The number of rotatable bonds is 5. The third-order valence-corrected chi connectivity index (χ3v) is 2.94. The Labute approximate surface area is 116 Å². The van der Waals surface area contributed by atoms with E-state index in [9.17, 15) is 4.79 Å². The van der Waals surface area contributed by atoms with Crippen molar-refractivity contribution in [3.8, 4) is 0 Å². The van der Waals surface area contributed by atoms with Crippen LogP contribution in [0.25, 0.3) is 0 Å². The number of nitrogens with one attached hydrogen (secondary N) is 1. The van der Waals surface area contributed by atoms with Crippen molar-refractivity contribution in [2.24, 2.45) is 7.05 Å². The minimum atomic E-state index is -1.03. The van der Waals surface area contributed by atoms with E-state index in [-0.39, 0.29) is 5.56 Å². The Bertz CT molecular complexity index is 636. The van der Waals surface area contributed by atoms with Crippen LogP contribution in [-0.4, -0.2) is 32.4 Å². The van der Waals surface area contributed by atoms with Crippen molar-refractivity contribution in [1.82, 2.24) is 14.8 Å². The molecule has 106 valence electrons. The summed E-state index contributed by atoms with van der Waals surface area (Å²) >= 11 is 0. The number of nitrogens with two attached hydrogens (primary N) is 1. The largest absolute Gasteiger partial charge is 0.478 e. The lowest BCUT2D eigenvalue weighted by molar-refractivity contribution is 0.0698. The SMILES string of the molecule is Cc1cc(NCCc2ncn(C)n2)cc(C(=O)O)c1N. The molecule has 0 radical (unpaired) electrons. The summed E-state index contributed by atoms with van der Waals surface area (Å²) < 4.78 is 1.64. The summed E-state index contributed by atoms with van der Waals surface area (Å²) in [5.41, 5.74) is 7.62. The summed E-state index contributed by atoms with van der Waals surface area (Å²) in [6, 6.07) is 3.37. The Hall–Kier alpha value is -2.57. The van der Waals surface area contributed by atoms with Gasteiger partial charge >= 0.3 is 5.97 Å². The van der Waals surface area contributed by atoms with Crippen molar-refractivity contribution in [2.45, 2.75) is 13.3 Å². The molecule has 0 aliphatic carbocycles. The minimum absolute atomic E-state index is 0.114. The van der Waals surface area contributed by atoms with E-state index in [0.29, 0.717) is 18.7 Å². The highest BCUT2D eigenvalue weighted by molar-refractivity contribution is 5.95. The standard InChI is InChI=1S/C13H17N5O2/c1-8-5-9(6-10(12(8)14)13(19)20)15-4-3-11-16-7-18(2)17-11/h5-7,15H,3-4,14H2,1-2H3,(H,19,20). The third kappa shape index (κ3) is 3.05. The van der Waals surface area contributed by atoms with E-state index in [4.69, 9.17) is 10.8 Å². The van der Waals surface area contributed by atoms with E-state index in [1.54, 1.807) is 17.9 Å². The Kier molecular flexibility index (Phi) is 3.88. The number of nitrogens with zero attached hydrogens (tertiary/aromatic N) is 3. The first-order valence-corrected chi connectivity index (χ1v) is 6.19. The molecule has 0 saturated carbocycles. The first-order chi connectivity index (χ1) is 9.47. The average molecular weight is 275 g/mol. The van der Waals surface area contributed by atoms with Crippen molar-refractivity contribution in [2.75, 3.05) is 17.6 Å². The van der Waals surface area contributed by atoms with Crippen molar-refractivity contribution in [1.29, 1.82) is 0 Å². The predicted octanol–water partition coefficient (Wildman–Crippen LogP) is 1.06. The fraction of sp³-hybridized carbons (Fsp3) is 0.308. The van der Waals surface area contributed by atoms with E-state index in [2.05, 4.69) is 15.4 Å². The van der Waals surface area contributed by atoms with Gasteiger partial charge in [0.2, 0.25) is 0 Å². The number of hydrogen-bond donors (Lipinski definition) is 3. The van der Waals surface area contributed by atoms with Crippen LogP contribution in [-0.2, 0) is 13.5 Å². The van der Waals surface area contributed by atoms with Crippen LogP contribution >= 0.6 is 0 Å². The topological polar surface area (TPSA) is 106 Å². The van der Waals surface area contributed by atoms with Crippen LogP contribution in [0, 0.1) is 6.92 Å². The van der Waals surface area contributed by atoms with E-state index in [1.807, 2.05) is 13.1 Å². The van der Waals surface area contributed by atoms with Crippen LogP contribution in [0.5, 0.6) is 0 Å². The minimum Gasteiger partial charge on any atom is -0.478 e.